The van der Waals surface area contributed by atoms with Crippen LogP contribution in [0.2, 0.25) is 0 Å². The number of thioether (sulfide) groups is 1. The van der Waals surface area contributed by atoms with Crippen molar-refractivity contribution in [2.75, 3.05) is 31.3 Å². The lowest BCUT2D eigenvalue weighted by molar-refractivity contribution is -0.154. The zero-order valence-corrected chi connectivity index (χ0v) is 20.1. The van der Waals surface area contributed by atoms with E-state index in [1.807, 2.05) is 42.5 Å². The van der Waals surface area contributed by atoms with Crippen molar-refractivity contribution < 1.29 is 28.6 Å². The molecule has 8 nitrogen and oxygen atoms in total. The molecule has 182 valence electrons. The molecule has 0 radical (unpaired) electrons. The van der Waals surface area contributed by atoms with Gasteiger partial charge in [0.25, 0.3) is 5.91 Å². The number of fused-ring (bicyclic) bond motifs is 4. The van der Waals surface area contributed by atoms with Gasteiger partial charge in [0.05, 0.1) is 24.9 Å². The van der Waals surface area contributed by atoms with Gasteiger partial charge in [-0.2, -0.15) is 0 Å². The second kappa shape index (κ2) is 8.78. The zero-order chi connectivity index (χ0) is 24.0. The van der Waals surface area contributed by atoms with E-state index in [1.54, 1.807) is 9.80 Å². The Morgan fingerprint density at radius 1 is 1.09 bits per heavy atom. The molecule has 0 spiro atoms. The first kappa shape index (κ1) is 22.3. The highest BCUT2D eigenvalue weighted by Gasteiger charge is 2.58. The van der Waals surface area contributed by atoms with Gasteiger partial charge >= 0.3 is 5.97 Å². The Bertz CT molecular complexity index is 1200. The minimum atomic E-state index is -1.13. The Hall–Kier alpha value is -3.20. The molecule has 2 atom stereocenters. The third kappa shape index (κ3) is 3.73. The maximum atomic E-state index is 13.3. The summed E-state index contributed by atoms with van der Waals surface area (Å²) in [6.45, 7) is 1.48. The highest BCUT2D eigenvalue weighted by Crippen LogP contribution is 2.56. The average Bonchev–Trinajstić information content (AvgIpc) is 3.52. The Kier molecular flexibility index (Phi) is 5.59. The maximum absolute atomic E-state index is 13.3. The number of benzene rings is 2. The SMILES string of the molecule is O=C(COC(=O)[C@]12CCC(=O)N1c1ccccc1S2)N1CCC[C@@H]1c1ccc2c(c1)OCCCO2. The van der Waals surface area contributed by atoms with Crippen molar-refractivity contribution in [1.82, 2.24) is 4.90 Å². The van der Waals surface area contributed by atoms with Crippen molar-refractivity contribution in [1.29, 1.82) is 0 Å². The summed E-state index contributed by atoms with van der Waals surface area (Å²) in [5.74, 6) is 0.555. The lowest BCUT2D eigenvalue weighted by Crippen LogP contribution is -2.48. The molecule has 4 heterocycles. The second-order valence-corrected chi connectivity index (χ2v) is 10.5. The van der Waals surface area contributed by atoms with E-state index in [4.69, 9.17) is 14.2 Å². The van der Waals surface area contributed by atoms with E-state index in [0.29, 0.717) is 31.9 Å². The minimum Gasteiger partial charge on any atom is -0.490 e. The summed E-state index contributed by atoms with van der Waals surface area (Å²) in [6, 6.07) is 13.2. The van der Waals surface area contributed by atoms with Gasteiger partial charge in [0.15, 0.2) is 23.0 Å². The number of para-hydroxylation sites is 1. The standard InChI is InChI=1S/C26H26N2O6S/c29-23-10-11-26(28(23)19-5-1-2-7-22(19)35-26)25(31)34-16-24(30)27-12-3-6-18(27)17-8-9-20-21(15-17)33-14-4-13-32-20/h1-2,5,7-9,15,18H,3-4,6,10-14,16H2/t18-,26-/m1/s1. The molecule has 2 saturated heterocycles. The summed E-state index contributed by atoms with van der Waals surface area (Å²) in [4.78, 5) is 42.1. The number of hydrogen-bond donors (Lipinski definition) is 0. The Morgan fingerprint density at radius 2 is 1.91 bits per heavy atom. The molecular formula is C26H26N2O6S. The van der Waals surface area contributed by atoms with E-state index in [2.05, 4.69) is 0 Å². The number of anilines is 1. The summed E-state index contributed by atoms with van der Waals surface area (Å²) in [5, 5.41) is 0. The molecular weight excluding hydrogens is 468 g/mol. The fourth-order valence-corrected chi connectivity index (χ4v) is 6.81. The minimum absolute atomic E-state index is 0.0975. The Morgan fingerprint density at radius 3 is 2.80 bits per heavy atom. The van der Waals surface area contributed by atoms with E-state index in [0.717, 1.165) is 41.2 Å². The Labute approximate surface area is 207 Å². The summed E-state index contributed by atoms with van der Waals surface area (Å²) in [6.07, 6.45) is 3.18. The monoisotopic (exact) mass is 494 g/mol. The van der Waals surface area contributed by atoms with Gasteiger partial charge in [0, 0.05) is 30.7 Å². The summed E-state index contributed by atoms with van der Waals surface area (Å²) < 4.78 is 17.1. The van der Waals surface area contributed by atoms with Crippen LogP contribution in [0.25, 0.3) is 0 Å². The summed E-state index contributed by atoms with van der Waals surface area (Å²) >= 11 is 1.34. The lowest BCUT2D eigenvalue weighted by atomic mass is 10.0. The maximum Gasteiger partial charge on any atom is 0.344 e. The summed E-state index contributed by atoms with van der Waals surface area (Å²) in [7, 11) is 0. The highest BCUT2D eigenvalue weighted by molar-refractivity contribution is 8.02. The Balaban J connectivity index is 1.15. The van der Waals surface area contributed by atoms with Gasteiger partial charge in [-0.3, -0.25) is 14.5 Å². The van der Waals surface area contributed by atoms with Gasteiger partial charge in [-0.05, 0) is 42.7 Å². The van der Waals surface area contributed by atoms with Crippen molar-refractivity contribution >= 4 is 35.2 Å². The van der Waals surface area contributed by atoms with Crippen LogP contribution in [0.4, 0.5) is 5.69 Å². The quantitative estimate of drug-likeness (QED) is 0.600. The van der Waals surface area contributed by atoms with Gasteiger partial charge < -0.3 is 19.1 Å². The van der Waals surface area contributed by atoms with Crippen LogP contribution in [0.3, 0.4) is 0 Å². The van der Waals surface area contributed by atoms with Crippen LogP contribution in [0.1, 0.15) is 43.7 Å². The molecule has 0 N–H and O–H groups in total. The highest BCUT2D eigenvalue weighted by atomic mass is 32.2. The number of carbonyl (C=O) groups excluding carboxylic acids is 3. The van der Waals surface area contributed by atoms with Gasteiger partial charge in [0.1, 0.15) is 0 Å². The fourth-order valence-electron chi connectivity index (χ4n) is 5.39. The van der Waals surface area contributed by atoms with Gasteiger partial charge in [-0.1, -0.05) is 30.0 Å². The number of ether oxygens (including phenoxy) is 3. The third-order valence-corrected chi connectivity index (χ3v) is 8.50. The van der Waals surface area contributed by atoms with E-state index in [9.17, 15) is 14.4 Å². The van der Waals surface area contributed by atoms with E-state index in [1.165, 1.54) is 11.8 Å². The number of nitrogens with zero attached hydrogens (tertiary/aromatic N) is 2. The van der Waals surface area contributed by atoms with Crippen molar-refractivity contribution in [2.24, 2.45) is 0 Å². The third-order valence-electron chi connectivity index (χ3n) is 7.05. The van der Waals surface area contributed by atoms with Gasteiger partial charge in [-0.15, -0.1) is 0 Å². The molecule has 0 aliphatic carbocycles. The molecule has 2 fully saturated rings. The molecule has 2 aromatic carbocycles. The first-order chi connectivity index (χ1) is 17.1. The number of likely N-dealkylation sites (tertiary alicyclic amines) is 1. The molecule has 35 heavy (non-hydrogen) atoms. The molecule has 4 aliphatic heterocycles. The number of hydrogen-bond acceptors (Lipinski definition) is 7. The van der Waals surface area contributed by atoms with Crippen molar-refractivity contribution in [3.8, 4) is 11.5 Å². The largest absolute Gasteiger partial charge is 0.490 e. The molecule has 6 rings (SSSR count). The summed E-state index contributed by atoms with van der Waals surface area (Å²) in [5.41, 5.74) is 1.72. The number of carbonyl (C=O) groups is 3. The van der Waals surface area contributed by atoms with Crippen LogP contribution in [0.5, 0.6) is 11.5 Å². The van der Waals surface area contributed by atoms with Gasteiger partial charge in [0.2, 0.25) is 5.91 Å². The van der Waals surface area contributed by atoms with Crippen LogP contribution < -0.4 is 14.4 Å². The average molecular weight is 495 g/mol. The predicted octanol–water partition coefficient (Wildman–Crippen LogP) is 3.68. The molecule has 4 aliphatic rings. The molecule has 0 aromatic heterocycles. The normalized spacial score (nSPS) is 24.7. The molecule has 0 unspecified atom stereocenters. The predicted molar refractivity (Wildman–Crippen MR) is 128 cm³/mol. The molecule has 2 amide bonds. The van der Waals surface area contributed by atoms with E-state index in [-0.39, 0.29) is 30.9 Å². The molecule has 0 bridgehead atoms. The second-order valence-electron chi connectivity index (χ2n) is 9.16. The van der Waals surface area contributed by atoms with Crippen molar-refractivity contribution in [3.05, 3.63) is 48.0 Å². The van der Waals surface area contributed by atoms with Gasteiger partial charge in [-0.25, -0.2) is 4.79 Å². The van der Waals surface area contributed by atoms with Crippen LogP contribution >= 0.6 is 11.8 Å². The number of rotatable bonds is 4. The van der Waals surface area contributed by atoms with E-state index >= 15 is 0 Å². The number of esters is 1. The zero-order valence-electron chi connectivity index (χ0n) is 19.2. The first-order valence-corrected chi connectivity index (χ1v) is 12.9. The van der Waals surface area contributed by atoms with Crippen LogP contribution in [0.15, 0.2) is 47.4 Å². The molecule has 2 aromatic rings. The van der Waals surface area contributed by atoms with Crippen LogP contribution in [-0.2, 0) is 19.1 Å². The smallest absolute Gasteiger partial charge is 0.344 e. The fraction of sp³-hybridized carbons (Fsp3) is 0.423. The first-order valence-electron chi connectivity index (χ1n) is 12.0. The topological polar surface area (TPSA) is 85.4 Å². The number of amides is 2. The molecule has 0 saturated carbocycles. The van der Waals surface area contributed by atoms with Crippen LogP contribution in [0, 0.1) is 0 Å². The van der Waals surface area contributed by atoms with Crippen molar-refractivity contribution in [3.63, 3.8) is 0 Å². The van der Waals surface area contributed by atoms with Crippen molar-refractivity contribution in [2.45, 2.75) is 47.9 Å². The van der Waals surface area contributed by atoms with E-state index < -0.39 is 10.8 Å². The lowest BCUT2D eigenvalue weighted by Gasteiger charge is -2.29. The molecule has 9 heteroatoms. The van der Waals surface area contributed by atoms with Crippen LogP contribution in [-0.4, -0.2) is 53.9 Å².